The van der Waals surface area contributed by atoms with Crippen LogP contribution >= 0.6 is 11.6 Å². The van der Waals surface area contributed by atoms with E-state index in [0.717, 1.165) is 85.3 Å². The minimum atomic E-state index is -4.79. The maximum absolute atomic E-state index is 16.1. The van der Waals surface area contributed by atoms with E-state index in [9.17, 15) is 32.3 Å². The van der Waals surface area contributed by atoms with Crippen LogP contribution in [0, 0.1) is 30.6 Å². The van der Waals surface area contributed by atoms with Crippen molar-refractivity contribution in [2.45, 2.75) is 268 Å². The molecule has 12 amide bonds. The first kappa shape index (κ1) is 86.7. The van der Waals surface area contributed by atoms with Crippen molar-refractivity contribution < 1.29 is 70.7 Å². The third-order valence-electron chi connectivity index (χ3n) is 24.3. The predicted octanol–water partition coefficient (Wildman–Crippen LogP) is 7.74. The number of nitrogens with one attached hydrogen (secondary N) is 3. The van der Waals surface area contributed by atoms with E-state index < -0.39 is 172 Å². The molecule has 109 heavy (non-hydrogen) atoms. The standard InChI is InChI=1S/C80H119ClF3N13O12/c1-14-51(5)67-76(107)90(8)52(6)71(102)97-39-34-60(97)74(105)93(11)63(43-53-26-18-15-19-27-53)73(104)89(7)48-65(98)86-59(33-31-54-30-32-57(58(81)42-54)80(82,83)84)72(103)92(10)62(44-55-41-50(4)46-85-47-55)70(101)88-79(35-22-23-36-79)78(109)95(13)68(56-28-20-16-21-29-56)77(108)94(12)64(75(106)96-37-24-17-25-38-96)45-66(99)91(9)61(40-49(2)3)69(100)87-67/h30,32,41-42,46-47,49,51-53,56,59-64,67-68H,14-29,31,33-40,43-45,48H2,1-13H3,(H,86,98)(H,87,100)(H,88,101)/t51-,52-,59-,60?,61-,62-,63-,64-,67-,68-/m0/s1. The number of amides is 12. The van der Waals surface area contributed by atoms with Gasteiger partial charge in [0, 0.05) is 87.8 Å². The summed E-state index contributed by atoms with van der Waals surface area (Å²) in [6, 6.07) is -6.50. The number of carbonyl (C=O) groups excluding carboxylic acids is 12. The van der Waals surface area contributed by atoms with Crippen molar-refractivity contribution in [3.05, 3.63) is 63.9 Å². The fourth-order valence-corrected chi connectivity index (χ4v) is 17.3. The van der Waals surface area contributed by atoms with Gasteiger partial charge in [-0.1, -0.05) is 122 Å². The van der Waals surface area contributed by atoms with Gasteiger partial charge in [0.1, 0.15) is 59.9 Å². The number of benzene rings is 1. The second kappa shape index (κ2) is 38.3. The van der Waals surface area contributed by atoms with E-state index in [4.69, 9.17) is 11.6 Å². The highest BCUT2D eigenvalue weighted by Gasteiger charge is 2.52. The lowest BCUT2D eigenvalue weighted by Gasteiger charge is -2.45. The first-order valence-electron chi connectivity index (χ1n) is 39.6. The minimum Gasteiger partial charge on any atom is -0.343 e. The Balaban J connectivity index is 1.23. The van der Waals surface area contributed by atoms with E-state index >= 15 is 38.4 Å². The number of hydrogen-bond donors (Lipinski definition) is 3. The number of aryl methyl sites for hydroxylation is 2. The number of likely N-dealkylation sites (N-methyl/N-ethyl adjacent to an activating group) is 7. The van der Waals surface area contributed by atoms with E-state index in [1.54, 1.807) is 31.0 Å². The fourth-order valence-electron chi connectivity index (χ4n) is 17.0. The van der Waals surface area contributed by atoms with Crippen LogP contribution in [0.3, 0.4) is 0 Å². The number of likely N-dealkylation sites (tertiary alicyclic amines) is 1. The first-order valence-corrected chi connectivity index (χ1v) is 40.0. The number of rotatable bonds is 13. The molecule has 25 nitrogen and oxygen atoms in total. The largest absolute Gasteiger partial charge is 0.417 e. The quantitative estimate of drug-likeness (QED) is 0.173. The third kappa shape index (κ3) is 21.2. The molecule has 29 heteroatoms. The Morgan fingerprint density at radius 2 is 1.27 bits per heavy atom. The van der Waals surface area contributed by atoms with Crippen LogP contribution < -0.4 is 16.0 Å². The maximum Gasteiger partial charge on any atom is 0.417 e. The van der Waals surface area contributed by atoms with Crippen LogP contribution in [0.15, 0.2) is 36.7 Å². The van der Waals surface area contributed by atoms with Crippen molar-refractivity contribution >= 4 is 82.5 Å². The van der Waals surface area contributed by atoms with Gasteiger partial charge in [-0.15, -0.1) is 0 Å². The minimum absolute atomic E-state index is 0.00175. The van der Waals surface area contributed by atoms with Crippen LogP contribution in [0.25, 0.3) is 0 Å². The molecule has 3 aliphatic carbocycles. The smallest absolute Gasteiger partial charge is 0.343 e. The zero-order chi connectivity index (χ0) is 80.1. The molecule has 4 heterocycles. The summed E-state index contributed by atoms with van der Waals surface area (Å²) in [7, 11) is 10.1. The number of halogens is 4. The number of carbonyl (C=O) groups is 12. The van der Waals surface area contributed by atoms with Crippen molar-refractivity contribution in [1.82, 2.24) is 65.0 Å². The van der Waals surface area contributed by atoms with Crippen molar-refractivity contribution in [2.75, 3.05) is 75.5 Å². The number of aromatic nitrogens is 1. The molecule has 3 saturated heterocycles. The molecule has 3 N–H and O–H groups in total. The van der Waals surface area contributed by atoms with Gasteiger partial charge in [0.25, 0.3) is 0 Å². The number of fused-ring (bicyclic) bond motifs is 1. The lowest BCUT2D eigenvalue weighted by Crippen LogP contribution is -2.66. The van der Waals surface area contributed by atoms with Gasteiger partial charge in [0.05, 0.1) is 23.6 Å². The Bertz CT molecular complexity index is 3600. The monoisotopic (exact) mass is 1550 g/mol. The van der Waals surface area contributed by atoms with Gasteiger partial charge in [0.15, 0.2) is 0 Å². The summed E-state index contributed by atoms with van der Waals surface area (Å²) in [5.41, 5.74) is -1.26. The molecular weight excluding hydrogens is 1430 g/mol. The summed E-state index contributed by atoms with van der Waals surface area (Å²) < 4.78 is 42.1. The molecular formula is C80H119ClF3N13O12. The van der Waals surface area contributed by atoms with Gasteiger partial charge in [-0.25, -0.2) is 0 Å². The molecule has 0 radical (unpaired) electrons. The highest BCUT2D eigenvalue weighted by Crippen LogP contribution is 2.39. The molecule has 10 atom stereocenters. The van der Waals surface area contributed by atoms with Crippen LogP contribution in [0.2, 0.25) is 5.02 Å². The van der Waals surface area contributed by atoms with Crippen LogP contribution in [-0.2, 0) is 76.6 Å². The molecule has 0 bridgehead atoms. The number of pyridine rings is 1. The highest BCUT2D eigenvalue weighted by molar-refractivity contribution is 6.31. The average Bonchev–Trinajstić information content (AvgIpc) is 1.77. The lowest BCUT2D eigenvalue weighted by atomic mass is 9.81. The topological polar surface area (TPSA) is 283 Å². The number of hydrogen-bond acceptors (Lipinski definition) is 13. The number of nitrogens with zero attached hydrogens (tertiary/aromatic N) is 10. The molecule has 3 saturated carbocycles. The van der Waals surface area contributed by atoms with Gasteiger partial charge >= 0.3 is 6.18 Å². The van der Waals surface area contributed by atoms with Crippen molar-refractivity contribution in [3.63, 3.8) is 0 Å². The van der Waals surface area contributed by atoms with E-state index in [1.807, 2.05) is 20.8 Å². The van der Waals surface area contributed by atoms with E-state index in [2.05, 4.69) is 20.9 Å². The summed E-state index contributed by atoms with van der Waals surface area (Å²) in [5, 5.41) is 8.28. The van der Waals surface area contributed by atoms with Crippen LogP contribution in [-0.4, -0.2) is 255 Å². The fraction of sp³-hybridized carbons (Fsp3) is 0.713. The van der Waals surface area contributed by atoms with Gasteiger partial charge in [-0.2, -0.15) is 13.2 Å². The second-order valence-electron chi connectivity index (χ2n) is 32.5. The Kier molecular flexibility index (Phi) is 30.5. The van der Waals surface area contributed by atoms with E-state index in [1.165, 1.54) is 97.9 Å². The van der Waals surface area contributed by atoms with E-state index in [-0.39, 0.29) is 75.3 Å². The molecule has 1 aromatic heterocycles. The summed E-state index contributed by atoms with van der Waals surface area (Å²) in [4.78, 5) is 200. The van der Waals surface area contributed by atoms with E-state index in [0.29, 0.717) is 63.6 Å². The average molecular weight is 1550 g/mol. The van der Waals surface area contributed by atoms with Crippen LogP contribution in [0.5, 0.6) is 0 Å². The molecule has 1 unspecified atom stereocenters. The van der Waals surface area contributed by atoms with Gasteiger partial charge in [0.2, 0.25) is 70.9 Å². The molecule has 8 rings (SSSR count). The Morgan fingerprint density at radius 1 is 0.642 bits per heavy atom. The van der Waals surface area contributed by atoms with Gasteiger partial charge < -0.3 is 60.0 Å². The third-order valence-corrected chi connectivity index (χ3v) is 24.6. The lowest BCUT2D eigenvalue weighted by molar-refractivity contribution is -0.160. The number of alkyl halides is 3. The molecule has 1 aromatic carbocycles. The molecule has 3 aliphatic heterocycles. The van der Waals surface area contributed by atoms with Gasteiger partial charge in [-0.3, -0.25) is 62.5 Å². The molecule has 2 aromatic rings. The molecule has 604 valence electrons. The summed E-state index contributed by atoms with van der Waals surface area (Å²) >= 11 is 6.23. The molecule has 6 fully saturated rings. The zero-order valence-corrected chi connectivity index (χ0v) is 67.1. The normalized spacial score (nSPS) is 26.9. The Hall–Kier alpha value is -7.91. The molecule has 1 spiro atoms. The van der Waals surface area contributed by atoms with Crippen LogP contribution in [0.4, 0.5) is 13.2 Å². The van der Waals surface area contributed by atoms with Gasteiger partial charge in [-0.05, 0) is 143 Å². The van der Waals surface area contributed by atoms with Crippen molar-refractivity contribution in [3.8, 4) is 0 Å². The van der Waals surface area contributed by atoms with Crippen molar-refractivity contribution in [1.29, 1.82) is 0 Å². The van der Waals surface area contributed by atoms with Crippen LogP contribution in [0.1, 0.15) is 205 Å². The molecule has 6 aliphatic rings. The SMILES string of the molecule is CC[C@H](C)[C@@H]1NC(=O)[C@H](CC(C)C)N(C)C(=O)C[C@@H](C(=O)N2CCCCC2)N(C)C(=O)[C@H](C2CCCCC2)N(C)C(=O)C2(CCCC2)NC(=O)[C@H](Cc2cncc(C)c2)N(C)C(=O)[C@H](CCc2ccc(C(F)(F)F)c(Cl)c2)NC(=O)CN(C)C(=O)[C@H](CC2CCCCC2)N(C)C(=O)C2CCN2C(=O)[C@H](C)N(C)C1=O. The number of piperidine rings is 1. The van der Waals surface area contributed by atoms with Crippen molar-refractivity contribution in [2.24, 2.45) is 23.7 Å². The maximum atomic E-state index is 16.1. The second-order valence-corrected chi connectivity index (χ2v) is 32.9. The zero-order valence-electron chi connectivity index (χ0n) is 66.4. The highest BCUT2D eigenvalue weighted by atomic mass is 35.5. The Labute approximate surface area is 646 Å². The summed E-state index contributed by atoms with van der Waals surface area (Å²) in [6.07, 6.45) is 9.23. The Morgan fingerprint density at radius 3 is 1.85 bits per heavy atom. The summed E-state index contributed by atoms with van der Waals surface area (Å²) in [5.74, 6) is -8.96. The summed E-state index contributed by atoms with van der Waals surface area (Å²) in [6.45, 7) is 10.9. The predicted molar refractivity (Wildman–Crippen MR) is 405 cm³/mol. The first-order chi connectivity index (χ1) is 51.5.